The largest absolute Gasteiger partial charge is 0.478 e. The summed E-state index contributed by atoms with van der Waals surface area (Å²) in [7, 11) is 0. The Morgan fingerprint density at radius 1 is 1.53 bits per heavy atom. The minimum absolute atomic E-state index is 0.367. The lowest BCUT2D eigenvalue weighted by atomic mass is 10.3. The molecule has 0 aliphatic heterocycles. The van der Waals surface area contributed by atoms with E-state index in [9.17, 15) is 4.79 Å². The number of rotatable bonds is 9. The molecule has 96 valence electrons. The number of carbonyl (C=O) groups is 1. The smallest absolute Gasteiger partial charge is 0.336 e. The lowest BCUT2D eigenvalue weighted by Gasteiger charge is -2.04. The van der Waals surface area contributed by atoms with Crippen LogP contribution < -0.4 is 5.32 Å². The van der Waals surface area contributed by atoms with Crippen LogP contribution in [0, 0.1) is 0 Å². The van der Waals surface area contributed by atoms with Crippen molar-refractivity contribution in [2.45, 2.75) is 26.3 Å². The molecule has 1 aromatic heterocycles. The molecule has 0 saturated heterocycles. The van der Waals surface area contributed by atoms with Crippen LogP contribution in [0.5, 0.6) is 0 Å². The lowest BCUT2D eigenvalue weighted by molar-refractivity contribution is 0.0697. The van der Waals surface area contributed by atoms with Crippen molar-refractivity contribution in [3.05, 3.63) is 21.9 Å². The average molecular weight is 257 g/mol. The van der Waals surface area contributed by atoms with Crippen molar-refractivity contribution in [3.8, 4) is 0 Å². The predicted molar refractivity (Wildman–Crippen MR) is 68.7 cm³/mol. The Balaban J connectivity index is 2.07. The first-order valence-corrected chi connectivity index (χ1v) is 6.71. The quantitative estimate of drug-likeness (QED) is 0.667. The number of carboxylic acid groups (broad SMARTS) is 1. The molecule has 0 saturated carbocycles. The molecule has 1 aromatic rings. The highest BCUT2D eigenvalue weighted by Gasteiger charge is 2.05. The van der Waals surface area contributed by atoms with E-state index in [1.165, 1.54) is 11.3 Å². The molecule has 0 bridgehead atoms. The van der Waals surface area contributed by atoms with Crippen LogP contribution in [0.3, 0.4) is 0 Å². The zero-order valence-corrected chi connectivity index (χ0v) is 10.9. The molecular weight excluding hydrogens is 238 g/mol. The Labute approximate surface area is 106 Å². The number of hydrogen-bond acceptors (Lipinski definition) is 4. The van der Waals surface area contributed by atoms with E-state index in [1.807, 2.05) is 0 Å². The Kier molecular flexibility index (Phi) is 6.84. The summed E-state index contributed by atoms with van der Waals surface area (Å²) >= 11 is 1.47. The van der Waals surface area contributed by atoms with Gasteiger partial charge in [-0.05, 0) is 12.5 Å². The van der Waals surface area contributed by atoms with Crippen LogP contribution in [0.25, 0.3) is 0 Å². The standard InChI is InChI=1S/C12H19NO3S/c1-2-3-5-16-6-4-13-8-11-7-10(9-17-11)12(14)15/h7,9,13H,2-6,8H2,1H3,(H,14,15). The van der Waals surface area contributed by atoms with Crippen molar-refractivity contribution in [2.24, 2.45) is 0 Å². The number of carboxylic acids is 1. The van der Waals surface area contributed by atoms with Crippen molar-refractivity contribution >= 4 is 17.3 Å². The van der Waals surface area contributed by atoms with Gasteiger partial charge in [0.1, 0.15) is 0 Å². The lowest BCUT2D eigenvalue weighted by Crippen LogP contribution is -2.19. The van der Waals surface area contributed by atoms with Crippen LogP contribution in [0.2, 0.25) is 0 Å². The molecule has 0 unspecified atom stereocenters. The number of aromatic carboxylic acids is 1. The molecule has 0 fully saturated rings. The Bertz CT molecular complexity index is 338. The van der Waals surface area contributed by atoms with Gasteiger partial charge in [0.25, 0.3) is 0 Å². The van der Waals surface area contributed by atoms with E-state index in [0.717, 1.165) is 30.9 Å². The maximum Gasteiger partial charge on any atom is 0.336 e. The maximum absolute atomic E-state index is 10.7. The molecule has 4 nitrogen and oxygen atoms in total. The van der Waals surface area contributed by atoms with E-state index in [1.54, 1.807) is 11.4 Å². The molecular formula is C12H19NO3S. The molecule has 2 N–H and O–H groups in total. The third-order valence-electron chi connectivity index (χ3n) is 2.27. The fraction of sp³-hybridized carbons (Fsp3) is 0.583. The summed E-state index contributed by atoms with van der Waals surface area (Å²) in [5, 5.41) is 13.6. The van der Waals surface area contributed by atoms with Gasteiger partial charge in [0.05, 0.1) is 12.2 Å². The van der Waals surface area contributed by atoms with E-state index >= 15 is 0 Å². The van der Waals surface area contributed by atoms with Gasteiger partial charge in [-0.1, -0.05) is 13.3 Å². The number of ether oxygens (including phenoxy) is 1. The molecule has 1 heterocycles. The first-order chi connectivity index (χ1) is 8.24. The molecule has 0 aliphatic carbocycles. The summed E-state index contributed by atoms with van der Waals surface area (Å²) in [6, 6.07) is 1.71. The Hall–Kier alpha value is -0.910. The topological polar surface area (TPSA) is 58.6 Å². The highest BCUT2D eigenvalue weighted by molar-refractivity contribution is 7.10. The average Bonchev–Trinajstić information content (AvgIpc) is 2.77. The van der Waals surface area contributed by atoms with E-state index in [4.69, 9.17) is 9.84 Å². The Morgan fingerprint density at radius 3 is 3.00 bits per heavy atom. The van der Waals surface area contributed by atoms with Crippen LogP contribution >= 0.6 is 11.3 Å². The molecule has 0 spiro atoms. The number of thiophene rings is 1. The summed E-state index contributed by atoms with van der Waals surface area (Å²) in [5.41, 5.74) is 0.367. The van der Waals surface area contributed by atoms with Crippen molar-refractivity contribution in [1.82, 2.24) is 5.32 Å². The highest BCUT2D eigenvalue weighted by atomic mass is 32.1. The minimum atomic E-state index is -0.865. The van der Waals surface area contributed by atoms with Crippen LogP contribution in [0.15, 0.2) is 11.4 Å². The number of unbranched alkanes of at least 4 members (excludes halogenated alkanes) is 1. The zero-order chi connectivity index (χ0) is 12.5. The van der Waals surface area contributed by atoms with Gasteiger partial charge in [0, 0.05) is 30.0 Å². The minimum Gasteiger partial charge on any atom is -0.478 e. The highest BCUT2D eigenvalue weighted by Crippen LogP contribution is 2.14. The fourth-order valence-electron chi connectivity index (χ4n) is 1.29. The van der Waals surface area contributed by atoms with Crippen LogP contribution in [0.4, 0.5) is 0 Å². The van der Waals surface area contributed by atoms with Crippen LogP contribution in [0.1, 0.15) is 35.0 Å². The second-order valence-electron chi connectivity index (χ2n) is 3.75. The van der Waals surface area contributed by atoms with E-state index in [-0.39, 0.29) is 0 Å². The van der Waals surface area contributed by atoms with Gasteiger partial charge in [-0.25, -0.2) is 4.79 Å². The first-order valence-electron chi connectivity index (χ1n) is 5.83. The molecule has 0 atom stereocenters. The van der Waals surface area contributed by atoms with Gasteiger partial charge in [-0.15, -0.1) is 11.3 Å². The van der Waals surface area contributed by atoms with Crippen molar-refractivity contribution in [2.75, 3.05) is 19.8 Å². The number of nitrogens with one attached hydrogen (secondary N) is 1. The normalized spacial score (nSPS) is 10.6. The molecule has 1 rings (SSSR count). The van der Waals surface area contributed by atoms with Crippen molar-refractivity contribution in [3.63, 3.8) is 0 Å². The maximum atomic E-state index is 10.7. The van der Waals surface area contributed by atoms with Crippen molar-refractivity contribution < 1.29 is 14.6 Å². The summed E-state index contributed by atoms with van der Waals surface area (Å²) < 4.78 is 5.40. The third kappa shape index (κ3) is 5.81. The van der Waals surface area contributed by atoms with Crippen molar-refractivity contribution in [1.29, 1.82) is 0 Å². The Morgan fingerprint density at radius 2 is 2.35 bits per heavy atom. The second-order valence-corrected chi connectivity index (χ2v) is 4.75. The molecule has 0 aromatic carbocycles. The van der Waals surface area contributed by atoms with Gasteiger partial charge >= 0.3 is 5.97 Å². The third-order valence-corrected chi connectivity index (χ3v) is 3.20. The molecule has 17 heavy (non-hydrogen) atoms. The monoisotopic (exact) mass is 257 g/mol. The van der Waals surface area contributed by atoms with E-state index in [2.05, 4.69) is 12.2 Å². The fourth-order valence-corrected chi connectivity index (χ4v) is 2.12. The summed E-state index contributed by atoms with van der Waals surface area (Å²) in [5.74, 6) is -0.865. The summed E-state index contributed by atoms with van der Waals surface area (Å²) in [4.78, 5) is 11.7. The second kappa shape index (κ2) is 8.22. The zero-order valence-electron chi connectivity index (χ0n) is 10.1. The van der Waals surface area contributed by atoms with E-state index in [0.29, 0.717) is 18.7 Å². The van der Waals surface area contributed by atoms with Crippen LogP contribution in [-0.2, 0) is 11.3 Å². The molecule has 0 aliphatic rings. The molecule has 0 radical (unpaired) electrons. The van der Waals surface area contributed by atoms with E-state index < -0.39 is 5.97 Å². The first kappa shape index (κ1) is 14.2. The SMILES string of the molecule is CCCCOCCNCc1cc(C(=O)O)cs1. The van der Waals surface area contributed by atoms with Gasteiger partial charge < -0.3 is 15.2 Å². The number of hydrogen-bond donors (Lipinski definition) is 2. The predicted octanol–water partition coefficient (Wildman–Crippen LogP) is 2.35. The van der Waals surface area contributed by atoms with Gasteiger partial charge in [0.2, 0.25) is 0 Å². The van der Waals surface area contributed by atoms with Gasteiger partial charge in [0.15, 0.2) is 0 Å². The summed E-state index contributed by atoms with van der Waals surface area (Å²) in [6.07, 6.45) is 2.26. The molecule has 0 amide bonds. The van der Waals surface area contributed by atoms with Gasteiger partial charge in [-0.3, -0.25) is 0 Å². The summed E-state index contributed by atoms with van der Waals surface area (Å²) in [6.45, 7) is 5.16. The van der Waals surface area contributed by atoms with Gasteiger partial charge in [-0.2, -0.15) is 0 Å². The molecule has 5 heteroatoms. The van der Waals surface area contributed by atoms with Crippen LogP contribution in [-0.4, -0.2) is 30.8 Å².